The van der Waals surface area contributed by atoms with Crippen LogP contribution in [0.15, 0.2) is 0 Å². The largest absolute Gasteiger partial charge is 0.302 e. The molecule has 0 N–H and O–H groups in total. The van der Waals surface area contributed by atoms with Crippen LogP contribution >= 0.6 is 0 Å². The first-order chi connectivity index (χ1) is 5.77. The lowest BCUT2D eigenvalue weighted by Crippen LogP contribution is -2.34. The van der Waals surface area contributed by atoms with E-state index in [1.54, 1.807) is 0 Å². The number of rotatable bonds is 4. The molecule has 0 aromatic rings. The minimum absolute atomic E-state index is 0.821. The van der Waals surface area contributed by atoms with Crippen molar-refractivity contribution in [3.05, 3.63) is 0 Å². The standard InChI is InChI=1S/C10H22N2/c1-4-7-12-8-6-10(9-12)11(3)5-2/h10H,4-9H2,1-3H3. The molecule has 1 rings (SSSR count). The van der Waals surface area contributed by atoms with Crippen LogP contribution < -0.4 is 0 Å². The van der Waals surface area contributed by atoms with Gasteiger partial charge in [-0.3, -0.25) is 0 Å². The van der Waals surface area contributed by atoms with E-state index >= 15 is 0 Å². The van der Waals surface area contributed by atoms with Crippen LogP contribution in [0.4, 0.5) is 0 Å². The molecular formula is C10H22N2. The lowest BCUT2D eigenvalue weighted by molar-refractivity contribution is 0.241. The Hall–Kier alpha value is -0.0800. The highest BCUT2D eigenvalue weighted by Crippen LogP contribution is 2.13. The minimum Gasteiger partial charge on any atom is -0.302 e. The number of hydrogen-bond donors (Lipinski definition) is 0. The number of likely N-dealkylation sites (tertiary alicyclic amines) is 1. The van der Waals surface area contributed by atoms with E-state index in [2.05, 4.69) is 30.7 Å². The van der Waals surface area contributed by atoms with Gasteiger partial charge in [0, 0.05) is 12.6 Å². The van der Waals surface area contributed by atoms with Gasteiger partial charge in [0.15, 0.2) is 0 Å². The summed E-state index contributed by atoms with van der Waals surface area (Å²) < 4.78 is 0. The van der Waals surface area contributed by atoms with E-state index in [1.807, 2.05) is 0 Å². The Balaban J connectivity index is 2.25. The highest BCUT2D eigenvalue weighted by Gasteiger charge is 2.23. The van der Waals surface area contributed by atoms with Crippen LogP contribution in [0.5, 0.6) is 0 Å². The molecule has 0 aliphatic carbocycles. The van der Waals surface area contributed by atoms with E-state index in [4.69, 9.17) is 0 Å². The van der Waals surface area contributed by atoms with Crippen LogP contribution in [0.1, 0.15) is 26.7 Å². The summed E-state index contributed by atoms with van der Waals surface area (Å²) in [7, 11) is 2.24. The maximum absolute atomic E-state index is 2.58. The predicted molar refractivity (Wildman–Crippen MR) is 53.4 cm³/mol. The molecule has 0 spiro atoms. The molecule has 12 heavy (non-hydrogen) atoms. The smallest absolute Gasteiger partial charge is 0.0232 e. The lowest BCUT2D eigenvalue weighted by atomic mass is 10.2. The highest BCUT2D eigenvalue weighted by molar-refractivity contribution is 4.80. The Morgan fingerprint density at radius 1 is 1.42 bits per heavy atom. The summed E-state index contributed by atoms with van der Waals surface area (Å²) in [6.45, 7) is 9.57. The van der Waals surface area contributed by atoms with Crippen molar-refractivity contribution in [1.82, 2.24) is 9.80 Å². The van der Waals surface area contributed by atoms with E-state index in [-0.39, 0.29) is 0 Å². The van der Waals surface area contributed by atoms with E-state index in [9.17, 15) is 0 Å². The number of likely N-dealkylation sites (N-methyl/N-ethyl adjacent to an activating group) is 1. The second-order valence-electron chi connectivity index (χ2n) is 3.82. The normalized spacial score (nSPS) is 25.5. The van der Waals surface area contributed by atoms with Gasteiger partial charge < -0.3 is 9.80 Å². The van der Waals surface area contributed by atoms with Gasteiger partial charge in [-0.15, -0.1) is 0 Å². The summed E-state index contributed by atoms with van der Waals surface area (Å²) in [5.74, 6) is 0. The van der Waals surface area contributed by atoms with Crippen LogP contribution in [0.25, 0.3) is 0 Å². The lowest BCUT2D eigenvalue weighted by Gasteiger charge is -2.22. The highest BCUT2D eigenvalue weighted by atomic mass is 15.2. The van der Waals surface area contributed by atoms with E-state index in [1.165, 1.54) is 39.0 Å². The average Bonchev–Trinajstić information content (AvgIpc) is 2.52. The van der Waals surface area contributed by atoms with Crippen molar-refractivity contribution < 1.29 is 0 Å². The van der Waals surface area contributed by atoms with Gasteiger partial charge in [0.1, 0.15) is 0 Å². The molecule has 0 bridgehead atoms. The molecule has 0 saturated carbocycles. The average molecular weight is 170 g/mol. The predicted octanol–water partition coefficient (Wildman–Crippen LogP) is 1.42. The second-order valence-corrected chi connectivity index (χ2v) is 3.82. The molecule has 1 saturated heterocycles. The van der Waals surface area contributed by atoms with Gasteiger partial charge in [0.05, 0.1) is 0 Å². The molecule has 1 aliphatic rings. The molecule has 1 fully saturated rings. The van der Waals surface area contributed by atoms with Crippen molar-refractivity contribution >= 4 is 0 Å². The second kappa shape index (κ2) is 4.83. The molecule has 1 aliphatic heterocycles. The Bertz CT molecular complexity index is 125. The minimum atomic E-state index is 0.821. The Morgan fingerprint density at radius 3 is 2.75 bits per heavy atom. The fraction of sp³-hybridized carbons (Fsp3) is 1.00. The first kappa shape index (κ1) is 10.0. The fourth-order valence-corrected chi connectivity index (χ4v) is 1.95. The van der Waals surface area contributed by atoms with Crippen LogP contribution in [-0.4, -0.2) is 49.1 Å². The maximum atomic E-state index is 2.58. The zero-order valence-corrected chi connectivity index (χ0v) is 8.71. The molecule has 1 atom stereocenters. The quantitative estimate of drug-likeness (QED) is 0.629. The summed E-state index contributed by atoms with van der Waals surface area (Å²) in [5, 5.41) is 0. The van der Waals surface area contributed by atoms with E-state index in [0.29, 0.717) is 0 Å². The van der Waals surface area contributed by atoms with Crippen molar-refractivity contribution in [1.29, 1.82) is 0 Å². The molecule has 2 heteroatoms. The third-order valence-electron chi connectivity index (χ3n) is 2.91. The van der Waals surface area contributed by atoms with Gasteiger partial charge in [-0.2, -0.15) is 0 Å². The Morgan fingerprint density at radius 2 is 2.17 bits per heavy atom. The van der Waals surface area contributed by atoms with Crippen molar-refractivity contribution in [3.8, 4) is 0 Å². The summed E-state index contributed by atoms with van der Waals surface area (Å²) in [6.07, 6.45) is 2.66. The molecule has 0 aromatic carbocycles. The monoisotopic (exact) mass is 170 g/mol. The molecular weight excluding hydrogens is 148 g/mol. The van der Waals surface area contributed by atoms with Gasteiger partial charge in [-0.25, -0.2) is 0 Å². The molecule has 1 heterocycles. The Kier molecular flexibility index (Phi) is 4.02. The van der Waals surface area contributed by atoms with Crippen LogP contribution in [0.2, 0.25) is 0 Å². The zero-order chi connectivity index (χ0) is 8.97. The summed E-state index contributed by atoms with van der Waals surface area (Å²) in [6, 6.07) is 0.821. The van der Waals surface area contributed by atoms with Gasteiger partial charge in [-0.1, -0.05) is 13.8 Å². The number of nitrogens with zero attached hydrogens (tertiary/aromatic N) is 2. The molecule has 72 valence electrons. The SMILES string of the molecule is CCCN1CCC(N(C)CC)C1. The summed E-state index contributed by atoms with van der Waals surface area (Å²) >= 11 is 0. The van der Waals surface area contributed by atoms with Crippen molar-refractivity contribution in [2.45, 2.75) is 32.7 Å². The summed E-state index contributed by atoms with van der Waals surface area (Å²) in [5.41, 5.74) is 0. The molecule has 0 aromatic heterocycles. The van der Waals surface area contributed by atoms with E-state index < -0.39 is 0 Å². The van der Waals surface area contributed by atoms with Crippen LogP contribution in [0, 0.1) is 0 Å². The van der Waals surface area contributed by atoms with Gasteiger partial charge >= 0.3 is 0 Å². The van der Waals surface area contributed by atoms with Crippen LogP contribution in [-0.2, 0) is 0 Å². The van der Waals surface area contributed by atoms with Crippen LogP contribution in [0.3, 0.4) is 0 Å². The van der Waals surface area contributed by atoms with E-state index in [0.717, 1.165) is 6.04 Å². The number of hydrogen-bond acceptors (Lipinski definition) is 2. The van der Waals surface area contributed by atoms with Gasteiger partial charge in [-0.05, 0) is 39.5 Å². The molecule has 2 nitrogen and oxygen atoms in total. The Labute approximate surface area is 76.5 Å². The third-order valence-corrected chi connectivity index (χ3v) is 2.91. The van der Waals surface area contributed by atoms with Crippen molar-refractivity contribution in [2.24, 2.45) is 0 Å². The van der Waals surface area contributed by atoms with Crippen molar-refractivity contribution in [2.75, 3.05) is 33.2 Å². The maximum Gasteiger partial charge on any atom is 0.0232 e. The zero-order valence-electron chi connectivity index (χ0n) is 8.71. The molecule has 0 amide bonds. The summed E-state index contributed by atoms with van der Waals surface area (Å²) in [4.78, 5) is 5.05. The first-order valence-corrected chi connectivity index (χ1v) is 5.20. The first-order valence-electron chi connectivity index (χ1n) is 5.20. The van der Waals surface area contributed by atoms with Gasteiger partial charge in [0.25, 0.3) is 0 Å². The van der Waals surface area contributed by atoms with Crippen molar-refractivity contribution in [3.63, 3.8) is 0 Å². The van der Waals surface area contributed by atoms with Gasteiger partial charge in [0.2, 0.25) is 0 Å². The molecule has 1 unspecified atom stereocenters. The molecule has 0 radical (unpaired) electrons. The topological polar surface area (TPSA) is 6.48 Å². The third kappa shape index (κ3) is 2.46. The fourth-order valence-electron chi connectivity index (χ4n) is 1.95.